The number of piperidine rings is 1. The van der Waals surface area contributed by atoms with E-state index < -0.39 is 5.97 Å². The Morgan fingerprint density at radius 1 is 1.36 bits per heavy atom. The number of hydrogen-bond donors (Lipinski definition) is 1. The van der Waals surface area contributed by atoms with Crippen LogP contribution in [0.1, 0.15) is 24.8 Å². The molecule has 1 saturated heterocycles. The van der Waals surface area contributed by atoms with Gasteiger partial charge in [-0.05, 0) is 37.0 Å². The molecule has 0 aromatic heterocycles. The average molecular weight is 326 g/mol. The number of amides is 1. The summed E-state index contributed by atoms with van der Waals surface area (Å²) in [6, 6.07) is 5.50. The van der Waals surface area contributed by atoms with Crippen LogP contribution in [-0.4, -0.2) is 42.1 Å². The van der Waals surface area contributed by atoms with E-state index in [-0.39, 0.29) is 11.8 Å². The smallest absolute Gasteiger partial charge is 0.306 e. The second-order valence-electron chi connectivity index (χ2n) is 5.46. The van der Waals surface area contributed by atoms with E-state index in [0.717, 1.165) is 5.56 Å². The van der Waals surface area contributed by atoms with Crippen LogP contribution in [0, 0.1) is 5.92 Å². The van der Waals surface area contributed by atoms with Gasteiger partial charge in [-0.25, -0.2) is 0 Å². The van der Waals surface area contributed by atoms with Crippen molar-refractivity contribution in [2.24, 2.45) is 5.92 Å². The number of ether oxygens (including phenoxy) is 1. The van der Waals surface area contributed by atoms with Gasteiger partial charge in [0.2, 0.25) is 5.91 Å². The zero-order valence-corrected chi connectivity index (χ0v) is 13.3. The quantitative estimate of drug-likeness (QED) is 0.903. The van der Waals surface area contributed by atoms with E-state index in [1.54, 1.807) is 18.1 Å². The number of aryl methyl sites for hydroxylation is 1. The molecule has 0 saturated carbocycles. The molecule has 1 aliphatic heterocycles. The third-order valence-corrected chi connectivity index (χ3v) is 4.34. The monoisotopic (exact) mass is 325 g/mol. The molecule has 1 aromatic carbocycles. The standard InChI is InChI=1S/C16H20ClNO4/c1-22-14-4-2-11(10-13(14)17)3-5-15(19)18-8-6-12(7-9-18)16(20)21/h2,4,10,12H,3,5-9H2,1H3,(H,20,21). The molecular weight excluding hydrogens is 306 g/mol. The molecule has 0 spiro atoms. The highest BCUT2D eigenvalue weighted by molar-refractivity contribution is 6.32. The van der Waals surface area contributed by atoms with Gasteiger partial charge in [-0.2, -0.15) is 0 Å². The fraction of sp³-hybridized carbons (Fsp3) is 0.500. The summed E-state index contributed by atoms with van der Waals surface area (Å²) in [5, 5.41) is 9.49. The Hall–Kier alpha value is -1.75. The maximum atomic E-state index is 12.2. The zero-order chi connectivity index (χ0) is 16.1. The van der Waals surface area contributed by atoms with Gasteiger partial charge in [0.25, 0.3) is 0 Å². The highest BCUT2D eigenvalue weighted by Crippen LogP contribution is 2.25. The van der Waals surface area contributed by atoms with Gasteiger partial charge < -0.3 is 14.7 Å². The summed E-state index contributed by atoms with van der Waals surface area (Å²) in [5.74, 6) is -0.396. The van der Waals surface area contributed by atoms with Crippen LogP contribution in [0.3, 0.4) is 0 Å². The van der Waals surface area contributed by atoms with Crippen molar-refractivity contribution in [3.63, 3.8) is 0 Å². The molecule has 0 aliphatic carbocycles. The van der Waals surface area contributed by atoms with Gasteiger partial charge in [-0.1, -0.05) is 17.7 Å². The molecule has 6 heteroatoms. The molecule has 120 valence electrons. The van der Waals surface area contributed by atoms with Crippen molar-refractivity contribution in [3.8, 4) is 5.75 Å². The number of benzene rings is 1. The molecule has 1 aliphatic rings. The number of hydrogen-bond acceptors (Lipinski definition) is 3. The van der Waals surface area contributed by atoms with E-state index in [9.17, 15) is 9.59 Å². The number of methoxy groups -OCH3 is 1. The van der Waals surface area contributed by atoms with Crippen molar-refractivity contribution in [3.05, 3.63) is 28.8 Å². The van der Waals surface area contributed by atoms with Gasteiger partial charge in [0, 0.05) is 19.5 Å². The van der Waals surface area contributed by atoms with Gasteiger partial charge in [0.1, 0.15) is 5.75 Å². The van der Waals surface area contributed by atoms with Crippen molar-refractivity contribution in [2.75, 3.05) is 20.2 Å². The minimum Gasteiger partial charge on any atom is -0.495 e. The fourth-order valence-corrected chi connectivity index (χ4v) is 2.93. The van der Waals surface area contributed by atoms with E-state index in [4.69, 9.17) is 21.4 Å². The lowest BCUT2D eigenvalue weighted by atomic mass is 9.96. The van der Waals surface area contributed by atoms with Crippen LogP contribution in [0.5, 0.6) is 5.75 Å². The first kappa shape index (κ1) is 16.6. The Morgan fingerprint density at radius 3 is 2.59 bits per heavy atom. The number of carbonyl (C=O) groups excluding carboxylic acids is 1. The molecule has 0 radical (unpaired) electrons. The van der Waals surface area contributed by atoms with Gasteiger partial charge in [0.05, 0.1) is 18.1 Å². The van der Waals surface area contributed by atoms with Crippen LogP contribution in [-0.2, 0) is 16.0 Å². The Bertz CT molecular complexity index is 553. The van der Waals surface area contributed by atoms with Crippen LogP contribution in [0.2, 0.25) is 5.02 Å². The summed E-state index contributed by atoms with van der Waals surface area (Å²) < 4.78 is 5.10. The normalized spacial score (nSPS) is 15.6. The van der Waals surface area contributed by atoms with Crippen molar-refractivity contribution in [1.29, 1.82) is 0 Å². The van der Waals surface area contributed by atoms with Crippen molar-refractivity contribution in [1.82, 2.24) is 4.90 Å². The van der Waals surface area contributed by atoms with Crippen molar-refractivity contribution < 1.29 is 19.4 Å². The van der Waals surface area contributed by atoms with Crippen LogP contribution < -0.4 is 4.74 Å². The van der Waals surface area contributed by atoms with E-state index in [1.165, 1.54) is 0 Å². The number of carboxylic acids is 1. The highest BCUT2D eigenvalue weighted by Gasteiger charge is 2.26. The molecule has 1 amide bonds. The second-order valence-corrected chi connectivity index (χ2v) is 5.87. The Labute approximate surface area is 134 Å². The number of rotatable bonds is 5. The molecule has 5 nitrogen and oxygen atoms in total. The Balaban J connectivity index is 1.83. The van der Waals surface area contributed by atoms with E-state index in [1.807, 2.05) is 12.1 Å². The number of likely N-dealkylation sites (tertiary alicyclic amines) is 1. The Kier molecular flexibility index (Phi) is 5.66. The number of aliphatic carboxylic acids is 1. The lowest BCUT2D eigenvalue weighted by Gasteiger charge is -2.30. The topological polar surface area (TPSA) is 66.8 Å². The summed E-state index contributed by atoms with van der Waals surface area (Å²) in [6.07, 6.45) is 2.09. The maximum Gasteiger partial charge on any atom is 0.306 e. The number of nitrogens with zero attached hydrogens (tertiary/aromatic N) is 1. The van der Waals surface area contributed by atoms with E-state index >= 15 is 0 Å². The predicted octanol–water partition coefficient (Wildman–Crippen LogP) is 2.60. The summed E-state index contributed by atoms with van der Waals surface area (Å²) in [5.41, 5.74) is 0.986. The SMILES string of the molecule is COc1ccc(CCC(=O)N2CCC(C(=O)O)CC2)cc1Cl. The zero-order valence-electron chi connectivity index (χ0n) is 12.5. The maximum absolute atomic E-state index is 12.2. The van der Waals surface area contributed by atoms with Crippen molar-refractivity contribution in [2.45, 2.75) is 25.7 Å². The first-order valence-electron chi connectivity index (χ1n) is 7.34. The van der Waals surface area contributed by atoms with Crippen LogP contribution in [0.25, 0.3) is 0 Å². The first-order valence-corrected chi connectivity index (χ1v) is 7.72. The number of halogens is 1. The lowest BCUT2D eigenvalue weighted by molar-refractivity contribution is -0.145. The number of carboxylic acid groups (broad SMARTS) is 1. The molecular formula is C16H20ClNO4. The minimum atomic E-state index is -0.764. The summed E-state index contributed by atoms with van der Waals surface area (Å²) in [7, 11) is 1.56. The lowest BCUT2D eigenvalue weighted by Crippen LogP contribution is -2.40. The molecule has 0 bridgehead atoms. The summed E-state index contributed by atoms with van der Waals surface area (Å²) in [4.78, 5) is 24.8. The van der Waals surface area contributed by atoms with Crippen LogP contribution in [0.4, 0.5) is 0 Å². The minimum absolute atomic E-state index is 0.0655. The van der Waals surface area contributed by atoms with E-state index in [0.29, 0.717) is 49.5 Å². The summed E-state index contributed by atoms with van der Waals surface area (Å²) in [6.45, 7) is 1.05. The summed E-state index contributed by atoms with van der Waals surface area (Å²) >= 11 is 6.06. The molecule has 1 aromatic rings. The van der Waals surface area contributed by atoms with Crippen LogP contribution >= 0.6 is 11.6 Å². The molecule has 2 rings (SSSR count). The molecule has 22 heavy (non-hydrogen) atoms. The van der Waals surface area contributed by atoms with Gasteiger partial charge in [-0.3, -0.25) is 9.59 Å². The highest BCUT2D eigenvalue weighted by atomic mass is 35.5. The van der Waals surface area contributed by atoms with Gasteiger partial charge in [0.15, 0.2) is 0 Å². The third kappa shape index (κ3) is 4.13. The molecule has 1 fully saturated rings. The number of carbonyl (C=O) groups is 2. The van der Waals surface area contributed by atoms with Crippen molar-refractivity contribution >= 4 is 23.5 Å². The fourth-order valence-electron chi connectivity index (χ4n) is 2.65. The van der Waals surface area contributed by atoms with Gasteiger partial charge in [-0.15, -0.1) is 0 Å². The second kappa shape index (κ2) is 7.49. The largest absolute Gasteiger partial charge is 0.495 e. The molecule has 0 unspecified atom stereocenters. The van der Waals surface area contributed by atoms with E-state index in [2.05, 4.69) is 0 Å². The van der Waals surface area contributed by atoms with Crippen LogP contribution in [0.15, 0.2) is 18.2 Å². The first-order chi connectivity index (χ1) is 10.5. The molecule has 1 heterocycles. The predicted molar refractivity (Wildman–Crippen MR) is 83.3 cm³/mol. The molecule has 1 N–H and O–H groups in total. The third-order valence-electron chi connectivity index (χ3n) is 4.04. The van der Waals surface area contributed by atoms with Gasteiger partial charge >= 0.3 is 5.97 Å². The molecule has 0 atom stereocenters. The Morgan fingerprint density at radius 2 is 2.05 bits per heavy atom. The average Bonchev–Trinajstić information content (AvgIpc) is 2.52.